The van der Waals surface area contributed by atoms with Crippen molar-refractivity contribution < 1.29 is 4.74 Å². The molecule has 25 heavy (non-hydrogen) atoms. The number of aromatic nitrogens is 5. The number of nitrogens with zero attached hydrogens (tertiary/aromatic N) is 5. The minimum atomic E-state index is 0.456. The minimum Gasteiger partial charge on any atom is -0.384 e. The van der Waals surface area contributed by atoms with Crippen LogP contribution in [0.4, 0.5) is 5.82 Å². The van der Waals surface area contributed by atoms with Crippen molar-refractivity contribution in [1.82, 2.24) is 24.4 Å². The van der Waals surface area contributed by atoms with E-state index in [-0.39, 0.29) is 0 Å². The molecule has 0 unspecified atom stereocenters. The molecule has 0 radical (unpaired) electrons. The molecule has 1 aliphatic rings. The largest absolute Gasteiger partial charge is 0.384 e. The van der Waals surface area contributed by atoms with E-state index in [1.54, 1.807) is 16.3 Å². The van der Waals surface area contributed by atoms with E-state index in [9.17, 15) is 0 Å². The number of anilines is 1. The predicted molar refractivity (Wildman–Crippen MR) is 96.2 cm³/mol. The molecule has 0 amide bonds. The van der Waals surface area contributed by atoms with Crippen molar-refractivity contribution in [2.75, 3.05) is 19.5 Å². The topological polar surface area (TPSA) is 83.3 Å². The maximum atomic E-state index is 6.25. The van der Waals surface area contributed by atoms with Gasteiger partial charge >= 0.3 is 0 Å². The summed E-state index contributed by atoms with van der Waals surface area (Å²) in [4.78, 5) is 4.93. The number of nitrogen functional groups attached to an aromatic ring is 1. The molecule has 0 aromatic carbocycles. The van der Waals surface area contributed by atoms with Crippen molar-refractivity contribution in [3.05, 3.63) is 30.4 Å². The van der Waals surface area contributed by atoms with Crippen LogP contribution in [0.2, 0.25) is 0 Å². The van der Waals surface area contributed by atoms with Gasteiger partial charge in [0.15, 0.2) is 5.65 Å². The minimum absolute atomic E-state index is 0.456. The number of rotatable bonds is 4. The summed E-state index contributed by atoms with van der Waals surface area (Å²) in [6.45, 7) is 0.856. The molecule has 4 rings (SSSR count). The van der Waals surface area contributed by atoms with E-state index in [4.69, 9.17) is 15.5 Å². The summed E-state index contributed by atoms with van der Waals surface area (Å²) in [5.74, 6) is 1.76. The average Bonchev–Trinajstić information content (AvgIpc) is 3.22. The van der Waals surface area contributed by atoms with E-state index in [0.29, 0.717) is 17.7 Å². The van der Waals surface area contributed by atoms with Gasteiger partial charge in [-0.25, -0.2) is 4.98 Å². The second-order valence-electron chi connectivity index (χ2n) is 6.98. The zero-order valence-electron chi connectivity index (χ0n) is 14.7. The van der Waals surface area contributed by atoms with Gasteiger partial charge in [0.25, 0.3) is 0 Å². The van der Waals surface area contributed by atoms with Gasteiger partial charge in [-0.3, -0.25) is 4.68 Å². The molecule has 3 heterocycles. The Labute approximate surface area is 146 Å². The van der Waals surface area contributed by atoms with Crippen LogP contribution in [0.25, 0.3) is 16.8 Å². The number of hydrogen-bond donors (Lipinski definition) is 1. The summed E-state index contributed by atoms with van der Waals surface area (Å²) < 4.78 is 8.79. The quantitative estimate of drug-likeness (QED) is 0.789. The molecule has 0 aliphatic heterocycles. The summed E-state index contributed by atoms with van der Waals surface area (Å²) in [7, 11) is 3.68. The van der Waals surface area contributed by atoms with Crippen LogP contribution in [0.5, 0.6) is 0 Å². The Kier molecular flexibility index (Phi) is 4.17. The lowest BCUT2D eigenvalue weighted by molar-refractivity contribution is 0.127. The van der Waals surface area contributed by atoms with E-state index < -0.39 is 0 Å². The van der Waals surface area contributed by atoms with E-state index in [1.165, 1.54) is 12.8 Å². The molecule has 1 saturated carbocycles. The smallest absolute Gasteiger partial charge is 0.165 e. The van der Waals surface area contributed by atoms with Gasteiger partial charge in [0.2, 0.25) is 0 Å². The van der Waals surface area contributed by atoms with Crippen LogP contribution in [0.1, 0.15) is 37.3 Å². The predicted octanol–water partition coefficient (Wildman–Crippen LogP) is 2.63. The molecule has 1 aliphatic carbocycles. The lowest BCUT2D eigenvalue weighted by atomic mass is 9.81. The van der Waals surface area contributed by atoms with Crippen molar-refractivity contribution in [3.63, 3.8) is 0 Å². The second-order valence-corrected chi connectivity index (χ2v) is 6.98. The Balaban J connectivity index is 1.67. The van der Waals surface area contributed by atoms with Gasteiger partial charge in [0.05, 0.1) is 12.4 Å². The molecule has 3 aromatic rings. The molecule has 0 atom stereocenters. The number of aryl methyl sites for hydroxylation is 1. The summed E-state index contributed by atoms with van der Waals surface area (Å²) in [5.41, 5.74) is 10.1. The highest BCUT2D eigenvalue weighted by Gasteiger charge is 2.24. The van der Waals surface area contributed by atoms with Crippen LogP contribution in [-0.2, 0) is 11.8 Å². The van der Waals surface area contributed by atoms with Crippen molar-refractivity contribution in [3.8, 4) is 11.1 Å². The number of methoxy groups -OCH3 is 1. The molecule has 7 nitrogen and oxygen atoms in total. The molecular weight excluding hydrogens is 316 g/mol. The number of nitrogens with two attached hydrogens (primary N) is 1. The van der Waals surface area contributed by atoms with E-state index in [2.05, 4.69) is 10.2 Å². The Bertz CT molecular complexity index is 875. The highest BCUT2D eigenvalue weighted by atomic mass is 16.5. The zero-order chi connectivity index (χ0) is 17.4. The molecule has 2 N–H and O–H groups in total. The Morgan fingerprint density at radius 3 is 2.68 bits per heavy atom. The molecule has 0 saturated heterocycles. The second kappa shape index (κ2) is 6.48. The fraction of sp³-hybridized carbons (Fsp3) is 0.500. The van der Waals surface area contributed by atoms with E-state index in [0.717, 1.165) is 41.9 Å². The first-order valence-electron chi connectivity index (χ1n) is 8.78. The first kappa shape index (κ1) is 16.1. The molecular formula is C18H24N6O. The van der Waals surface area contributed by atoms with Crippen molar-refractivity contribution >= 4 is 11.5 Å². The first-order valence-corrected chi connectivity index (χ1v) is 8.78. The van der Waals surface area contributed by atoms with Crippen LogP contribution in [0, 0.1) is 5.92 Å². The Morgan fingerprint density at radius 1 is 1.20 bits per heavy atom. The summed E-state index contributed by atoms with van der Waals surface area (Å²) >= 11 is 0. The summed E-state index contributed by atoms with van der Waals surface area (Å²) in [6.07, 6.45) is 10.2. The van der Waals surface area contributed by atoms with Crippen LogP contribution in [-0.4, -0.2) is 38.1 Å². The summed E-state index contributed by atoms with van der Waals surface area (Å²) in [6, 6.07) is 1.98. The van der Waals surface area contributed by atoms with Crippen LogP contribution >= 0.6 is 0 Å². The van der Waals surface area contributed by atoms with Gasteiger partial charge in [0.1, 0.15) is 5.82 Å². The highest BCUT2D eigenvalue weighted by Crippen LogP contribution is 2.36. The van der Waals surface area contributed by atoms with Crippen LogP contribution < -0.4 is 5.73 Å². The van der Waals surface area contributed by atoms with Gasteiger partial charge in [-0.2, -0.15) is 14.7 Å². The molecule has 0 bridgehead atoms. The molecule has 1 fully saturated rings. The third-order valence-corrected chi connectivity index (χ3v) is 5.20. The van der Waals surface area contributed by atoms with Gasteiger partial charge in [-0.15, -0.1) is 0 Å². The van der Waals surface area contributed by atoms with Crippen molar-refractivity contribution in [1.29, 1.82) is 0 Å². The fourth-order valence-corrected chi connectivity index (χ4v) is 3.84. The normalized spacial score (nSPS) is 21.0. The number of hydrogen-bond acceptors (Lipinski definition) is 5. The third-order valence-electron chi connectivity index (χ3n) is 5.20. The monoisotopic (exact) mass is 340 g/mol. The number of ether oxygens (including phenoxy) is 1. The third kappa shape index (κ3) is 3.00. The highest BCUT2D eigenvalue weighted by molar-refractivity contribution is 5.77. The average molecular weight is 340 g/mol. The van der Waals surface area contributed by atoms with Crippen molar-refractivity contribution in [2.45, 2.75) is 31.6 Å². The van der Waals surface area contributed by atoms with Gasteiger partial charge < -0.3 is 10.5 Å². The molecule has 7 heteroatoms. The van der Waals surface area contributed by atoms with Gasteiger partial charge in [-0.1, -0.05) is 0 Å². The maximum absolute atomic E-state index is 6.25. The maximum Gasteiger partial charge on any atom is 0.165 e. The fourth-order valence-electron chi connectivity index (χ4n) is 3.84. The van der Waals surface area contributed by atoms with Gasteiger partial charge in [0, 0.05) is 55.8 Å². The van der Waals surface area contributed by atoms with Crippen LogP contribution in [0.15, 0.2) is 24.7 Å². The van der Waals surface area contributed by atoms with Crippen LogP contribution in [0.3, 0.4) is 0 Å². The van der Waals surface area contributed by atoms with Crippen molar-refractivity contribution in [2.24, 2.45) is 13.0 Å². The lowest BCUT2D eigenvalue weighted by Gasteiger charge is -2.27. The van der Waals surface area contributed by atoms with Gasteiger partial charge in [-0.05, 0) is 31.6 Å². The zero-order valence-corrected chi connectivity index (χ0v) is 14.7. The molecule has 3 aromatic heterocycles. The lowest BCUT2D eigenvalue weighted by Crippen LogP contribution is -2.18. The number of fused-ring (bicyclic) bond motifs is 1. The van der Waals surface area contributed by atoms with E-state index in [1.807, 2.05) is 31.7 Å². The standard InChI is InChI=1S/C18H24N6O/c1-23-10-14(8-20-23)15-9-21-24-17(19)7-16(22-18(15)24)13-5-3-12(4-6-13)11-25-2/h7-10,12-13H,3-6,11,19H2,1-2H3. The molecule has 132 valence electrons. The summed E-state index contributed by atoms with van der Waals surface area (Å²) in [5, 5.41) is 8.65. The Morgan fingerprint density at radius 2 is 2.00 bits per heavy atom. The molecule has 0 spiro atoms. The SMILES string of the molecule is COCC1CCC(c2cc(N)n3ncc(-c4cnn(C)c4)c3n2)CC1. The van der Waals surface area contributed by atoms with E-state index >= 15 is 0 Å². The first-order chi connectivity index (χ1) is 12.2. The Hall–Kier alpha value is -2.41.